The van der Waals surface area contributed by atoms with Crippen molar-refractivity contribution >= 4 is 17.4 Å². The monoisotopic (exact) mass is 278 g/mol. The number of hydrogen-bond acceptors (Lipinski definition) is 2. The lowest BCUT2D eigenvalue weighted by atomic mass is 10.0. The lowest BCUT2D eigenvalue weighted by Crippen LogP contribution is -2.05. The molecule has 98 valence electrons. The van der Waals surface area contributed by atoms with Crippen molar-refractivity contribution < 1.29 is 13.9 Å². The van der Waals surface area contributed by atoms with E-state index in [1.54, 1.807) is 13.2 Å². The minimum atomic E-state index is -0.590. The van der Waals surface area contributed by atoms with Crippen LogP contribution in [0.2, 0.25) is 5.02 Å². The van der Waals surface area contributed by atoms with Gasteiger partial charge >= 0.3 is 0 Å². The fourth-order valence-corrected chi connectivity index (χ4v) is 1.91. The molecule has 0 fully saturated rings. The van der Waals surface area contributed by atoms with Gasteiger partial charge in [-0.25, -0.2) is 4.39 Å². The molecule has 0 heterocycles. The van der Waals surface area contributed by atoms with E-state index in [4.69, 9.17) is 16.3 Å². The first-order valence-corrected chi connectivity index (χ1v) is 6.09. The Balaban J connectivity index is 2.23. The summed E-state index contributed by atoms with van der Waals surface area (Å²) in [6.45, 7) is 0. The van der Waals surface area contributed by atoms with Crippen molar-refractivity contribution in [3.05, 3.63) is 64.4 Å². The summed E-state index contributed by atoms with van der Waals surface area (Å²) in [7, 11) is 1.55. The summed E-state index contributed by atoms with van der Waals surface area (Å²) in [5.74, 6) is -0.127. The topological polar surface area (TPSA) is 26.3 Å². The highest BCUT2D eigenvalue weighted by Crippen LogP contribution is 2.21. The van der Waals surface area contributed by atoms with Gasteiger partial charge in [0, 0.05) is 17.5 Å². The maximum Gasteiger partial charge on any atom is 0.167 e. The van der Waals surface area contributed by atoms with Crippen LogP contribution in [0.4, 0.5) is 4.39 Å². The number of rotatable bonds is 4. The third-order valence-electron chi connectivity index (χ3n) is 2.79. The normalized spacial score (nSPS) is 10.3. The third-order valence-corrected chi connectivity index (χ3v) is 3.09. The number of methoxy groups -OCH3 is 1. The van der Waals surface area contributed by atoms with Gasteiger partial charge in [0.15, 0.2) is 5.78 Å². The van der Waals surface area contributed by atoms with Crippen molar-refractivity contribution in [2.75, 3.05) is 7.11 Å². The van der Waals surface area contributed by atoms with Gasteiger partial charge in [-0.2, -0.15) is 0 Å². The molecule has 2 rings (SSSR count). The first-order valence-electron chi connectivity index (χ1n) is 5.72. The third kappa shape index (κ3) is 3.12. The Labute approximate surface area is 115 Å². The molecule has 2 nitrogen and oxygen atoms in total. The minimum Gasteiger partial charge on any atom is -0.496 e. The summed E-state index contributed by atoms with van der Waals surface area (Å²) in [4.78, 5) is 12.1. The molecule has 0 spiro atoms. The van der Waals surface area contributed by atoms with Crippen LogP contribution in [0.5, 0.6) is 5.75 Å². The van der Waals surface area contributed by atoms with E-state index in [-0.39, 0.29) is 17.2 Å². The molecule has 0 aromatic heterocycles. The molecule has 0 amide bonds. The van der Waals surface area contributed by atoms with E-state index in [0.717, 1.165) is 11.6 Å². The second-order valence-electron chi connectivity index (χ2n) is 4.04. The summed E-state index contributed by atoms with van der Waals surface area (Å²) in [5.41, 5.74) is 1.07. The van der Waals surface area contributed by atoms with Crippen molar-refractivity contribution in [2.24, 2.45) is 0 Å². The molecular formula is C15H12ClFO2. The van der Waals surface area contributed by atoms with Gasteiger partial charge in [0.1, 0.15) is 11.6 Å². The molecule has 0 saturated carbocycles. The van der Waals surface area contributed by atoms with Crippen LogP contribution in [0.3, 0.4) is 0 Å². The van der Waals surface area contributed by atoms with E-state index in [9.17, 15) is 9.18 Å². The zero-order valence-electron chi connectivity index (χ0n) is 10.3. The molecule has 19 heavy (non-hydrogen) atoms. The second-order valence-corrected chi connectivity index (χ2v) is 4.45. The minimum absolute atomic E-state index is 0.00819. The Bertz CT molecular complexity index is 611. The van der Waals surface area contributed by atoms with Gasteiger partial charge in [-0.05, 0) is 24.3 Å². The average molecular weight is 279 g/mol. The van der Waals surface area contributed by atoms with E-state index in [0.29, 0.717) is 11.3 Å². The number of carbonyl (C=O) groups is 1. The van der Waals surface area contributed by atoms with E-state index < -0.39 is 5.82 Å². The van der Waals surface area contributed by atoms with Crippen LogP contribution in [0.25, 0.3) is 0 Å². The highest BCUT2D eigenvalue weighted by Gasteiger charge is 2.12. The summed E-state index contributed by atoms with van der Waals surface area (Å²) in [6.07, 6.45) is 0.158. The van der Waals surface area contributed by atoms with Crippen LogP contribution >= 0.6 is 11.6 Å². The zero-order valence-corrected chi connectivity index (χ0v) is 11.1. The SMILES string of the molecule is COc1ccccc1CC(=O)c1ccc(Cl)c(F)c1. The summed E-state index contributed by atoms with van der Waals surface area (Å²) < 4.78 is 18.5. The largest absolute Gasteiger partial charge is 0.496 e. The Morgan fingerprint density at radius 3 is 2.68 bits per heavy atom. The van der Waals surface area contributed by atoms with E-state index >= 15 is 0 Å². The van der Waals surface area contributed by atoms with Gasteiger partial charge in [0.25, 0.3) is 0 Å². The fraction of sp³-hybridized carbons (Fsp3) is 0.133. The first-order chi connectivity index (χ1) is 9.11. The number of hydrogen-bond donors (Lipinski definition) is 0. The zero-order chi connectivity index (χ0) is 13.8. The number of ketones is 1. The van der Waals surface area contributed by atoms with E-state index in [1.807, 2.05) is 18.2 Å². The van der Waals surface area contributed by atoms with Crippen LogP contribution in [0.1, 0.15) is 15.9 Å². The Hall–Kier alpha value is -1.87. The molecule has 0 unspecified atom stereocenters. The number of para-hydroxylation sites is 1. The predicted molar refractivity (Wildman–Crippen MR) is 72.4 cm³/mol. The fourth-order valence-electron chi connectivity index (χ4n) is 1.79. The summed E-state index contributed by atoms with van der Waals surface area (Å²) in [6, 6.07) is 11.3. The van der Waals surface area contributed by atoms with Gasteiger partial charge < -0.3 is 4.74 Å². The van der Waals surface area contributed by atoms with Crippen LogP contribution in [-0.4, -0.2) is 12.9 Å². The predicted octanol–water partition coefficient (Wildman–Crippen LogP) is 3.91. The molecule has 0 aliphatic rings. The number of benzene rings is 2. The van der Waals surface area contributed by atoms with Crippen LogP contribution in [0.15, 0.2) is 42.5 Å². The van der Waals surface area contributed by atoms with Crippen molar-refractivity contribution in [2.45, 2.75) is 6.42 Å². The quantitative estimate of drug-likeness (QED) is 0.793. The molecule has 4 heteroatoms. The Morgan fingerprint density at radius 1 is 1.26 bits per heavy atom. The van der Waals surface area contributed by atoms with E-state index in [2.05, 4.69) is 0 Å². The molecule has 0 radical (unpaired) electrons. The maximum atomic E-state index is 13.3. The second kappa shape index (κ2) is 5.85. The van der Waals surface area contributed by atoms with Crippen molar-refractivity contribution in [3.63, 3.8) is 0 Å². The molecular weight excluding hydrogens is 267 g/mol. The highest BCUT2D eigenvalue weighted by atomic mass is 35.5. The summed E-state index contributed by atoms with van der Waals surface area (Å²) >= 11 is 5.59. The van der Waals surface area contributed by atoms with Gasteiger partial charge in [-0.1, -0.05) is 29.8 Å². The van der Waals surface area contributed by atoms with Crippen molar-refractivity contribution in [1.29, 1.82) is 0 Å². The standard InChI is InChI=1S/C15H12ClFO2/c1-19-15-5-3-2-4-11(15)9-14(18)10-6-7-12(16)13(17)8-10/h2-8H,9H2,1H3. The average Bonchev–Trinajstić information content (AvgIpc) is 2.42. The van der Waals surface area contributed by atoms with Crippen LogP contribution in [0, 0.1) is 5.82 Å². The molecule has 0 N–H and O–H groups in total. The van der Waals surface area contributed by atoms with Gasteiger partial charge in [0.05, 0.1) is 12.1 Å². The number of Topliss-reactive ketones (excluding diaryl/α,β-unsaturated/α-hetero) is 1. The molecule has 0 atom stereocenters. The molecule has 0 aliphatic heterocycles. The Morgan fingerprint density at radius 2 is 2.00 bits per heavy atom. The van der Waals surface area contributed by atoms with Gasteiger partial charge in [-0.15, -0.1) is 0 Å². The van der Waals surface area contributed by atoms with E-state index in [1.165, 1.54) is 12.1 Å². The molecule has 2 aromatic rings. The molecule has 0 saturated heterocycles. The smallest absolute Gasteiger partial charge is 0.167 e. The first kappa shape index (κ1) is 13.6. The number of halogens is 2. The van der Waals surface area contributed by atoms with Gasteiger partial charge in [-0.3, -0.25) is 4.79 Å². The molecule has 2 aromatic carbocycles. The van der Waals surface area contributed by atoms with Crippen LogP contribution in [-0.2, 0) is 6.42 Å². The Kier molecular flexibility index (Phi) is 4.17. The summed E-state index contributed by atoms with van der Waals surface area (Å²) in [5, 5.41) is 0.00819. The lowest BCUT2D eigenvalue weighted by Gasteiger charge is -2.07. The van der Waals surface area contributed by atoms with Crippen molar-refractivity contribution in [1.82, 2.24) is 0 Å². The molecule has 0 bridgehead atoms. The van der Waals surface area contributed by atoms with Crippen molar-refractivity contribution in [3.8, 4) is 5.75 Å². The maximum absolute atomic E-state index is 13.3. The molecule has 0 aliphatic carbocycles. The van der Waals surface area contributed by atoms with Gasteiger partial charge in [0.2, 0.25) is 0 Å². The van der Waals surface area contributed by atoms with Crippen LogP contribution < -0.4 is 4.74 Å². The number of ether oxygens (including phenoxy) is 1. The number of carbonyl (C=O) groups excluding carboxylic acids is 1. The lowest BCUT2D eigenvalue weighted by molar-refractivity contribution is 0.0991. The highest BCUT2D eigenvalue weighted by molar-refractivity contribution is 6.30.